The molecule has 4 nitrogen and oxygen atoms in total. The van der Waals surface area contributed by atoms with Crippen molar-refractivity contribution in [3.63, 3.8) is 0 Å². The molecule has 0 saturated heterocycles. The molecule has 1 rings (SSSR count). The van der Waals surface area contributed by atoms with E-state index in [1.165, 1.54) is 0 Å². The first-order valence-electron chi connectivity index (χ1n) is 3.34. The molecule has 5 heteroatoms. The number of hydrogen-bond acceptors (Lipinski definition) is 2. The second kappa shape index (κ2) is 3.12. The Morgan fingerprint density at radius 2 is 1.75 bits per heavy atom. The Balaban J connectivity index is 2.85. The number of nitrogens with two attached hydrogens (primary N) is 1. The number of nitrogens with one attached hydrogen (secondary N) is 1. The SMILES string of the molecule is Cc1ccc(NS(N)(=O)=O)cc1. The van der Waals surface area contributed by atoms with Crippen LogP contribution in [0.1, 0.15) is 5.56 Å². The molecule has 0 aliphatic heterocycles. The molecule has 1 aromatic carbocycles. The van der Waals surface area contributed by atoms with E-state index in [0.717, 1.165) is 5.56 Å². The Morgan fingerprint density at radius 1 is 1.25 bits per heavy atom. The van der Waals surface area contributed by atoms with Crippen LogP contribution >= 0.6 is 0 Å². The molecule has 0 heterocycles. The molecular formula is C7H10N2O2S. The summed E-state index contributed by atoms with van der Waals surface area (Å²) in [5.74, 6) is 0. The standard InChI is InChI=1S/C7H10N2O2S/c1-6-2-4-7(5-3-6)9-12(8,10)11/h2-5,9H,1H3,(H2,8,10,11). The summed E-state index contributed by atoms with van der Waals surface area (Å²) in [6.07, 6.45) is 0. The molecule has 0 amide bonds. The third kappa shape index (κ3) is 2.89. The third-order valence-corrected chi connectivity index (χ3v) is 1.83. The van der Waals surface area contributed by atoms with Gasteiger partial charge in [-0.3, -0.25) is 4.72 Å². The maximum atomic E-state index is 10.6. The molecule has 0 unspecified atom stereocenters. The van der Waals surface area contributed by atoms with Crippen LogP contribution in [0.5, 0.6) is 0 Å². The molecule has 0 fully saturated rings. The molecule has 0 aliphatic carbocycles. The van der Waals surface area contributed by atoms with Crippen LogP contribution in [0, 0.1) is 6.92 Å². The van der Waals surface area contributed by atoms with Crippen molar-refractivity contribution in [1.29, 1.82) is 0 Å². The van der Waals surface area contributed by atoms with Crippen molar-refractivity contribution in [2.45, 2.75) is 6.92 Å². The summed E-state index contributed by atoms with van der Waals surface area (Å²) in [6.45, 7) is 1.92. The van der Waals surface area contributed by atoms with Gasteiger partial charge in [-0.25, -0.2) is 5.14 Å². The van der Waals surface area contributed by atoms with Gasteiger partial charge in [0.25, 0.3) is 10.2 Å². The van der Waals surface area contributed by atoms with E-state index in [2.05, 4.69) is 4.72 Å². The number of hydrogen-bond donors (Lipinski definition) is 2. The van der Waals surface area contributed by atoms with Gasteiger partial charge < -0.3 is 0 Å². The van der Waals surface area contributed by atoms with Gasteiger partial charge in [-0.2, -0.15) is 8.42 Å². The highest BCUT2D eigenvalue weighted by molar-refractivity contribution is 7.90. The average molecular weight is 186 g/mol. The van der Waals surface area contributed by atoms with Gasteiger partial charge in [0.1, 0.15) is 0 Å². The van der Waals surface area contributed by atoms with Crippen molar-refractivity contribution in [3.05, 3.63) is 29.8 Å². The van der Waals surface area contributed by atoms with Crippen LogP contribution < -0.4 is 9.86 Å². The topological polar surface area (TPSA) is 72.2 Å². The Labute approximate surface area is 71.6 Å². The maximum Gasteiger partial charge on any atom is 0.296 e. The Morgan fingerprint density at radius 3 is 2.17 bits per heavy atom. The van der Waals surface area contributed by atoms with Crippen molar-refractivity contribution in [3.8, 4) is 0 Å². The zero-order valence-electron chi connectivity index (χ0n) is 6.61. The van der Waals surface area contributed by atoms with Gasteiger partial charge in [-0.15, -0.1) is 0 Å². The number of benzene rings is 1. The van der Waals surface area contributed by atoms with Crippen molar-refractivity contribution in [2.24, 2.45) is 5.14 Å². The molecule has 0 aliphatic rings. The highest BCUT2D eigenvalue weighted by atomic mass is 32.2. The summed E-state index contributed by atoms with van der Waals surface area (Å²) in [6, 6.07) is 6.90. The number of anilines is 1. The summed E-state index contributed by atoms with van der Waals surface area (Å²) in [4.78, 5) is 0. The first-order valence-corrected chi connectivity index (χ1v) is 4.89. The molecule has 1 aromatic rings. The molecular weight excluding hydrogens is 176 g/mol. The van der Waals surface area contributed by atoms with E-state index in [1.54, 1.807) is 24.3 Å². The minimum absolute atomic E-state index is 0.475. The maximum absolute atomic E-state index is 10.6. The Kier molecular flexibility index (Phi) is 2.35. The van der Waals surface area contributed by atoms with Crippen LogP contribution in [0.2, 0.25) is 0 Å². The largest absolute Gasteiger partial charge is 0.296 e. The van der Waals surface area contributed by atoms with Gasteiger partial charge in [0.05, 0.1) is 0 Å². The monoisotopic (exact) mass is 186 g/mol. The zero-order chi connectivity index (χ0) is 9.19. The van der Waals surface area contributed by atoms with Crippen molar-refractivity contribution in [2.75, 3.05) is 4.72 Å². The Hall–Kier alpha value is -1.07. The number of rotatable bonds is 2. The summed E-state index contributed by atoms with van der Waals surface area (Å²) in [5, 5.41) is 4.77. The van der Waals surface area contributed by atoms with E-state index in [0.29, 0.717) is 5.69 Å². The zero-order valence-corrected chi connectivity index (χ0v) is 7.43. The van der Waals surface area contributed by atoms with Gasteiger partial charge in [0.2, 0.25) is 0 Å². The molecule has 0 atom stereocenters. The lowest BCUT2D eigenvalue weighted by molar-refractivity contribution is 0.603. The second-order valence-electron chi connectivity index (χ2n) is 2.51. The molecule has 0 radical (unpaired) electrons. The molecule has 0 aromatic heterocycles. The van der Waals surface area contributed by atoms with Crippen LogP contribution in [0.3, 0.4) is 0 Å². The first-order chi connectivity index (χ1) is 5.47. The lowest BCUT2D eigenvalue weighted by Crippen LogP contribution is -2.21. The van der Waals surface area contributed by atoms with E-state index in [9.17, 15) is 8.42 Å². The highest BCUT2D eigenvalue weighted by Gasteiger charge is 1.99. The van der Waals surface area contributed by atoms with E-state index < -0.39 is 10.2 Å². The van der Waals surface area contributed by atoms with E-state index in [1.807, 2.05) is 6.92 Å². The van der Waals surface area contributed by atoms with Gasteiger partial charge in [-0.1, -0.05) is 17.7 Å². The van der Waals surface area contributed by atoms with Crippen LogP contribution in [0.25, 0.3) is 0 Å². The lowest BCUT2D eigenvalue weighted by Gasteiger charge is -2.02. The van der Waals surface area contributed by atoms with Crippen LogP contribution in [-0.2, 0) is 10.2 Å². The van der Waals surface area contributed by atoms with Crippen LogP contribution in [-0.4, -0.2) is 8.42 Å². The average Bonchev–Trinajstić information content (AvgIpc) is 1.91. The molecule has 0 saturated carbocycles. The Bertz CT molecular complexity index is 355. The van der Waals surface area contributed by atoms with Crippen molar-refractivity contribution < 1.29 is 8.42 Å². The fourth-order valence-electron chi connectivity index (χ4n) is 0.786. The fraction of sp³-hybridized carbons (Fsp3) is 0.143. The van der Waals surface area contributed by atoms with Gasteiger partial charge >= 0.3 is 0 Å². The molecule has 0 spiro atoms. The van der Waals surface area contributed by atoms with Gasteiger partial charge in [0.15, 0.2) is 0 Å². The number of aryl methyl sites for hydroxylation is 1. The second-order valence-corrected chi connectivity index (χ2v) is 3.81. The molecule has 0 bridgehead atoms. The summed E-state index contributed by atoms with van der Waals surface area (Å²) >= 11 is 0. The normalized spacial score (nSPS) is 11.2. The van der Waals surface area contributed by atoms with Crippen molar-refractivity contribution >= 4 is 15.9 Å². The smallest absolute Gasteiger partial charge is 0.271 e. The van der Waals surface area contributed by atoms with E-state index in [4.69, 9.17) is 5.14 Å². The minimum atomic E-state index is -3.64. The molecule has 66 valence electrons. The van der Waals surface area contributed by atoms with Gasteiger partial charge in [-0.05, 0) is 19.1 Å². The fourth-order valence-corrected chi connectivity index (χ4v) is 1.25. The summed E-state index contributed by atoms with van der Waals surface area (Å²) in [5.41, 5.74) is 1.54. The predicted molar refractivity (Wildman–Crippen MR) is 47.9 cm³/mol. The van der Waals surface area contributed by atoms with Crippen LogP contribution in [0.15, 0.2) is 24.3 Å². The third-order valence-electron chi connectivity index (χ3n) is 1.31. The van der Waals surface area contributed by atoms with Gasteiger partial charge in [0, 0.05) is 5.69 Å². The van der Waals surface area contributed by atoms with Crippen molar-refractivity contribution in [1.82, 2.24) is 0 Å². The predicted octanol–water partition coefficient (Wildman–Crippen LogP) is 0.610. The minimum Gasteiger partial charge on any atom is -0.271 e. The quantitative estimate of drug-likeness (QED) is 0.710. The molecule has 12 heavy (non-hydrogen) atoms. The summed E-state index contributed by atoms with van der Waals surface area (Å²) in [7, 11) is -3.64. The highest BCUT2D eigenvalue weighted by Crippen LogP contribution is 2.08. The van der Waals surface area contributed by atoms with E-state index >= 15 is 0 Å². The van der Waals surface area contributed by atoms with E-state index in [-0.39, 0.29) is 0 Å². The summed E-state index contributed by atoms with van der Waals surface area (Å²) < 4.78 is 23.3. The molecule has 3 N–H and O–H groups in total. The first kappa shape index (κ1) is 9.02. The van der Waals surface area contributed by atoms with Crippen LogP contribution in [0.4, 0.5) is 5.69 Å². The lowest BCUT2D eigenvalue weighted by atomic mass is 10.2.